The molecule has 3 aromatic heterocycles. The Balaban J connectivity index is 1.31. The van der Waals surface area contributed by atoms with Crippen molar-refractivity contribution in [1.82, 2.24) is 19.9 Å². The second kappa shape index (κ2) is 10.9. The number of hydrogen-bond acceptors (Lipinski definition) is 11. The zero-order valence-corrected chi connectivity index (χ0v) is 24.2. The molecule has 41 heavy (non-hydrogen) atoms. The van der Waals surface area contributed by atoms with Crippen LogP contribution in [-0.4, -0.2) is 68.6 Å². The van der Waals surface area contributed by atoms with Gasteiger partial charge in [0, 0.05) is 18.2 Å². The number of aryl methyl sites for hydroxylation is 2. The lowest BCUT2D eigenvalue weighted by atomic mass is 9.93. The molecular formula is C28H31FN6O4S2. The van der Waals surface area contributed by atoms with Gasteiger partial charge >= 0.3 is 0 Å². The molecule has 4 aromatic rings. The van der Waals surface area contributed by atoms with E-state index >= 15 is 0 Å². The summed E-state index contributed by atoms with van der Waals surface area (Å²) in [6.45, 7) is 3.78. The number of halogens is 1. The van der Waals surface area contributed by atoms with Crippen LogP contribution in [0.25, 0.3) is 20.8 Å². The van der Waals surface area contributed by atoms with Gasteiger partial charge in [0.2, 0.25) is 5.95 Å². The van der Waals surface area contributed by atoms with Crippen molar-refractivity contribution in [2.24, 2.45) is 5.92 Å². The summed E-state index contributed by atoms with van der Waals surface area (Å²) in [6, 6.07) is 6.11. The number of rotatable bonds is 8. The van der Waals surface area contributed by atoms with E-state index in [-0.39, 0.29) is 17.1 Å². The Morgan fingerprint density at radius 1 is 1.00 bits per heavy atom. The fourth-order valence-corrected chi connectivity index (χ4v) is 8.20. The molecule has 0 spiro atoms. The fourth-order valence-electron chi connectivity index (χ4n) is 5.45. The SMILES string of the molecule is Cc1nc(NC2CCC2)nc(NC2C[C@H](CS(=O)(=O)c3ccc(F)cc3)[C@@H](O)[C@H]2O)c1-c1nc2c(C)nccc2s1. The summed E-state index contributed by atoms with van der Waals surface area (Å²) >= 11 is 1.49. The van der Waals surface area contributed by atoms with Gasteiger partial charge in [0.1, 0.15) is 28.3 Å². The van der Waals surface area contributed by atoms with Crippen molar-refractivity contribution in [2.75, 3.05) is 16.4 Å². The number of sulfone groups is 1. The van der Waals surface area contributed by atoms with E-state index < -0.39 is 39.8 Å². The van der Waals surface area contributed by atoms with Crippen LogP contribution in [0.3, 0.4) is 0 Å². The molecule has 10 nitrogen and oxygen atoms in total. The number of nitrogens with one attached hydrogen (secondary N) is 2. The first-order valence-electron chi connectivity index (χ1n) is 13.6. The quantitative estimate of drug-likeness (QED) is 0.220. The van der Waals surface area contributed by atoms with Crippen LogP contribution in [0.4, 0.5) is 16.2 Å². The molecule has 0 aliphatic heterocycles. The third-order valence-electron chi connectivity index (χ3n) is 7.96. The van der Waals surface area contributed by atoms with Crippen molar-refractivity contribution in [1.29, 1.82) is 0 Å². The Hall–Kier alpha value is -3.26. The van der Waals surface area contributed by atoms with Crippen LogP contribution in [0.5, 0.6) is 0 Å². The first-order valence-corrected chi connectivity index (χ1v) is 16.0. The zero-order valence-electron chi connectivity index (χ0n) is 22.6. The van der Waals surface area contributed by atoms with Crippen molar-refractivity contribution in [3.63, 3.8) is 0 Å². The Kier molecular flexibility index (Phi) is 7.39. The minimum absolute atomic E-state index is 0.0296. The first kappa shape index (κ1) is 27.9. The summed E-state index contributed by atoms with van der Waals surface area (Å²) in [4.78, 5) is 18.6. The molecule has 4 atom stereocenters. The molecule has 2 aliphatic rings. The van der Waals surface area contributed by atoms with Crippen LogP contribution in [0.15, 0.2) is 41.4 Å². The number of nitrogens with zero attached hydrogens (tertiary/aromatic N) is 4. The van der Waals surface area contributed by atoms with E-state index in [1.54, 1.807) is 6.20 Å². The summed E-state index contributed by atoms with van der Waals surface area (Å²) in [7, 11) is -3.82. The highest BCUT2D eigenvalue weighted by molar-refractivity contribution is 7.91. The number of aliphatic hydroxyl groups excluding tert-OH is 2. The molecule has 0 saturated heterocycles. The van der Waals surface area contributed by atoms with Gasteiger partial charge in [0.25, 0.3) is 0 Å². The van der Waals surface area contributed by atoms with Gasteiger partial charge in [-0.2, -0.15) is 4.98 Å². The third-order valence-corrected chi connectivity index (χ3v) is 10.9. The van der Waals surface area contributed by atoms with E-state index in [9.17, 15) is 23.0 Å². The van der Waals surface area contributed by atoms with Crippen molar-refractivity contribution in [3.8, 4) is 10.6 Å². The summed E-state index contributed by atoms with van der Waals surface area (Å²) in [5.41, 5.74) is 2.96. The molecular weight excluding hydrogens is 567 g/mol. The van der Waals surface area contributed by atoms with E-state index in [1.165, 1.54) is 23.5 Å². The Morgan fingerprint density at radius 2 is 1.76 bits per heavy atom. The minimum Gasteiger partial charge on any atom is -0.390 e. The Bertz CT molecular complexity index is 1690. The minimum atomic E-state index is -3.82. The van der Waals surface area contributed by atoms with Gasteiger partial charge in [-0.1, -0.05) is 0 Å². The van der Waals surface area contributed by atoms with Gasteiger partial charge in [-0.3, -0.25) is 4.98 Å². The number of aliphatic hydroxyl groups is 2. The van der Waals surface area contributed by atoms with Gasteiger partial charge in [-0.05, 0) is 69.9 Å². The van der Waals surface area contributed by atoms with Crippen LogP contribution in [-0.2, 0) is 9.84 Å². The number of pyridine rings is 1. The number of hydrogen-bond donors (Lipinski definition) is 4. The molecule has 2 saturated carbocycles. The van der Waals surface area contributed by atoms with Crippen molar-refractivity contribution >= 4 is 43.2 Å². The molecule has 0 radical (unpaired) electrons. The summed E-state index contributed by atoms with van der Waals surface area (Å²) < 4.78 is 40.3. The smallest absolute Gasteiger partial charge is 0.225 e. The third kappa shape index (κ3) is 5.51. The molecule has 4 N–H and O–H groups in total. The summed E-state index contributed by atoms with van der Waals surface area (Å²) in [6.07, 6.45) is 2.62. The normalized spacial score (nSPS) is 23.0. The zero-order chi connectivity index (χ0) is 28.9. The van der Waals surface area contributed by atoms with Crippen LogP contribution in [0, 0.1) is 25.6 Å². The maximum absolute atomic E-state index is 13.3. The molecule has 2 fully saturated rings. The second-order valence-corrected chi connectivity index (χ2v) is 13.9. The van der Waals surface area contributed by atoms with Gasteiger partial charge in [-0.25, -0.2) is 22.8 Å². The molecule has 1 aromatic carbocycles. The molecule has 0 bridgehead atoms. The topological polar surface area (TPSA) is 150 Å². The number of thiazole rings is 1. The van der Waals surface area contributed by atoms with Gasteiger partial charge in [0.15, 0.2) is 9.84 Å². The highest BCUT2D eigenvalue weighted by Gasteiger charge is 2.44. The standard InChI is InChI=1S/C28H31FN6O4S2/c1-14-22(27-34-23-15(2)30-11-10-21(23)40-27)26(35-28(31-14)32-18-4-3-5-18)33-20-12-16(24(36)25(20)37)13-41(38,39)19-8-6-17(29)7-9-19/h6-11,16,18,20,24-25,36-37H,3-5,12-13H2,1-2H3,(H2,31,32,33,35)/t16-,20?,24-,25+/m1/s1. The lowest BCUT2D eigenvalue weighted by Gasteiger charge is -2.27. The molecule has 13 heteroatoms. The maximum atomic E-state index is 13.3. The van der Waals surface area contributed by atoms with Gasteiger partial charge in [0.05, 0.1) is 44.4 Å². The van der Waals surface area contributed by atoms with Crippen molar-refractivity contribution in [2.45, 2.75) is 68.7 Å². The highest BCUT2D eigenvalue weighted by atomic mass is 32.2. The molecule has 0 amide bonds. The van der Waals surface area contributed by atoms with Crippen LogP contribution in [0.1, 0.15) is 37.1 Å². The average molecular weight is 599 g/mol. The number of benzene rings is 1. The van der Waals surface area contributed by atoms with E-state index in [0.717, 1.165) is 47.3 Å². The van der Waals surface area contributed by atoms with Crippen molar-refractivity contribution < 1.29 is 23.0 Å². The molecule has 3 heterocycles. The van der Waals surface area contributed by atoms with Crippen LogP contribution in [0.2, 0.25) is 0 Å². The van der Waals surface area contributed by atoms with E-state index in [2.05, 4.69) is 15.6 Å². The Morgan fingerprint density at radius 3 is 2.44 bits per heavy atom. The molecule has 6 rings (SSSR count). The van der Waals surface area contributed by atoms with Crippen LogP contribution < -0.4 is 10.6 Å². The van der Waals surface area contributed by atoms with Crippen molar-refractivity contribution in [3.05, 3.63) is 53.7 Å². The first-order chi connectivity index (χ1) is 19.6. The predicted molar refractivity (Wildman–Crippen MR) is 155 cm³/mol. The average Bonchev–Trinajstić information content (AvgIpc) is 3.44. The molecule has 216 valence electrons. The molecule has 2 aliphatic carbocycles. The number of fused-ring (bicyclic) bond motifs is 1. The Labute approximate surface area is 241 Å². The van der Waals surface area contributed by atoms with Gasteiger partial charge < -0.3 is 20.8 Å². The lowest BCUT2D eigenvalue weighted by Crippen LogP contribution is -2.36. The number of aromatic nitrogens is 4. The highest BCUT2D eigenvalue weighted by Crippen LogP contribution is 2.39. The van der Waals surface area contributed by atoms with Gasteiger partial charge in [-0.15, -0.1) is 11.3 Å². The monoisotopic (exact) mass is 598 g/mol. The van der Waals surface area contributed by atoms with E-state index in [0.29, 0.717) is 34.1 Å². The largest absolute Gasteiger partial charge is 0.390 e. The van der Waals surface area contributed by atoms with E-state index in [1.807, 2.05) is 19.9 Å². The lowest BCUT2D eigenvalue weighted by molar-refractivity contribution is 0.0216. The predicted octanol–water partition coefficient (Wildman–Crippen LogP) is 3.86. The number of anilines is 2. The van der Waals surface area contributed by atoms with Crippen LogP contribution >= 0.6 is 11.3 Å². The summed E-state index contributed by atoms with van der Waals surface area (Å²) in [5.74, 6) is -0.759. The maximum Gasteiger partial charge on any atom is 0.225 e. The summed E-state index contributed by atoms with van der Waals surface area (Å²) in [5, 5.41) is 29.2. The second-order valence-electron chi connectivity index (χ2n) is 10.9. The molecule has 1 unspecified atom stereocenters. The van der Waals surface area contributed by atoms with E-state index in [4.69, 9.17) is 15.0 Å². The fraction of sp³-hybridized carbons (Fsp3) is 0.429.